The van der Waals surface area contributed by atoms with Crippen LogP contribution in [0.1, 0.15) is 25.5 Å². The maximum atomic E-state index is 11.7. The van der Waals surface area contributed by atoms with Gasteiger partial charge in [0.25, 0.3) is 0 Å². The van der Waals surface area contributed by atoms with E-state index < -0.39 is 5.97 Å². The van der Waals surface area contributed by atoms with Gasteiger partial charge in [0, 0.05) is 6.04 Å². The number of hydrogen-bond donors (Lipinski definition) is 3. The minimum atomic E-state index is -1.07. The highest BCUT2D eigenvalue weighted by Crippen LogP contribution is 2.22. The summed E-state index contributed by atoms with van der Waals surface area (Å²) >= 11 is 0. The fourth-order valence-electron chi connectivity index (χ4n) is 1.93. The molecule has 1 aromatic rings. The van der Waals surface area contributed by atoms with Crippen LogP contribution in [0.15, 0.2) is 24.3 Å². The van der Waals surface area contributed by atoms with Gasteiger partial charge in [-0.15, -0.1) is 12.4 Å². The summed E-state index contributed by atoms with van der Waals surface area (Å²) < 4.78 is 0. The smallest absolute Gasteiger partial charge is 0.322 e. The molecule has 7 heteroatoms. The molecule has 1 aromatic carbocycles. The van der Waals surface area contributed by atoms with E-state index in [1.54, 1.807) is 18.2 Å². The molecule has 0 radical (unpaired) electrons. The summed E-state index contributed by atoms with van der Waals surface area (Å²) in [5, 5.41) is 20.3. The lowest BCUT2D eigenvalue weighted by molar-refractivity contribution is -0.138. The van der Waals surface area contributed by atoms with Gasteiger partial charge in [0.15, 0.2) is 0 Å². The van der Waals surface area contributed by atoms with Crippen LogP contribution in [0, 0.1) is 0 Å². The lowest BCUT2D eigenvalue weighted by Gasteiger charge is -2.27. The third-order valence-electron chi connectivity index (χ3n) is 3.09. The summed E-state index contributed by atoms with van der Waals surface area (Å²) in [4.78, 5) is 23.9. The minimum Gasteiger partial charge on any atom is -0.508 e. The molecule has 1 rings (SSSR count). The van der Waals surface area contributed by atoms with Crippen LogP contribution in [0.25, 0.3) is 0 Å². The SMILES string of the molecule is CCN(CC(=O)NCC(=O)O)C(C)c1cccc(O)c1.Cl. The second kappa shape index (κ2) is 9.20. The molecule has 0 bridgehead atoms. The number of rotatable bonds is 7. The van der Waals surface area contributed by atoms with Gasteiger partial charge in [0.2, 0.25) is 5.91 Å². The largest absolute Gasteiger partial charge is 0.508 e. The fraction of sp³-hybridized carbons (Fsp3) is 0.429. The Labute approximate surface area is 130 Å². The lowest BCUT2D eigenvalue weighted by atomic mass is 10.1. The number of carbonyl (C=O) groups is 2. The van der Waals surface area contributed by atoms with Gasteiger partial charge in [-0.3, -0.25) is 14.5 Å². The van der Waals surface area contributed by atoms with Crippen molar-refractivity contribution >= 4 is 24.3 Å². The van der Waals surface area contributed by atoms with E-state index in [-0.39, 0.29) is 43.2 Å². The van der Waals surface area contributed by atoms with E-state index in [1.165, 1.54) is 0 Å². The molecule has 0 saturated carbocycles. The number of halogens is 1. The van der Waals surface area contributed by atoms with Gasteiger partial charge in [0.1, 0.15) is 12.3 Å². The molecule has 118 valence electrons. The maximum absolute atomic E-state index is 11.7. The van der Waals surface area contributed by atoms with Crippen molar-refractivity contribution < 1.29 is 19.8 Å². The number of hydrogen-bond acceptors (Lipinski definition) is 4. The number of phenols is 1. The van der Waals surface area contributed by atoms with Gasteiger partial charge in [-0.1, -0.05) is 19.1 Å². The molecular formula is C14H21ClN2O4. The fourth-order valence-corrected chi connectivity index (χ4v) is 1.93. The third-order valence-corrected chi connectivity index (χ3v) is 3.09. The number of aliphatic carboxylic acids is 1. The number of carbonyl (C=O) groups excluding carboxylic acids is 1. The highest BCUT2D eigenvalue weighted by molar-refractivity contribution is 5.85. The molecule has 6 nitrogen and oxygen atoms in total. The number of likely N-dealkylation sites (N-methyl/N-ethyl adjacent to an activating group) is 1. The van der Waals surface area contributed by atoms with E-state index in [9.17, 15) is 14.7 Å². The van der Waals surface area contributed by atoms with Crippen molar-refractivity contribution in [2.45, 2.75) is 19.9 Å². The first-order chi connectivity index (χ1) is 9.43. The first-order valence-corrected chi connectivity index (χ1v) is 6.45. The summed E-state index contributed by atoms with van der Waals surface area (Å²) in [7, 11) is 0. The van der Waals surface area contributed by atoms with Crippen LogP contribution in [0.5, 0.6) is 5.75 Å². The zero-order valence-corrected chi connectivity index (χ0v) is 12.9. The lowest BCUT2D eigenvalue weighted by Crippen LogP contribution is -2.40. The number of carboxylic acid groups (broad SMARTS) is 1. The second-order valence-electron chi connectivity index (χ2n) is 4.50. The predicted octanol–water partition coefficient (Wildman–Crippen LogP) is 1.40. The number of carboxylic acids is 1. The van der Waals surface area contributed by atoms with Gasteiger partial charge in [-0.05, 0) is 31.2 Å². The van der Waals surface area contributed by atoms with Gasteiger partial charge in [-0.2, -0.15) is 0 Å². The molecule has 0 spiro atoms. The predicted molar refractivity (Wildman–Crippen MR) is 81.7 cm³/mol. The Balaban J connectivity index is 0.00000400. The van der Waals surface area contributed by atoms with Crippen LogP contribution in [-0.2, 0) is 9.59 Å². The van der Waals surface area contributed by atoms with Crippen molar-refractivity contribution in [1.29, 1.82) is 0 Å². The Kier molecular flexibility index (Phi) is 8.42. The zero-order valence-electron chi connectivity index (χ0n) is 12.1. The van der Waals surface area contributed by atoms with Crippen LogP contribution in [-0.4, -0.2) is 46.6 Å². The van der Waals surface area contributed by atoms with E-state index >= 15 is 0 Å². The quantitative estimate of drug-likeness (QED) is 0.707. The van der Waals surface area contributed by atoms with Crippen molar-refractivity contribution in [2.24, 2.45) is 0 Å². The molecule has 0 aliphatic rings. The van der Waals surface area contributed by atoms with Crippen LogP contribution in [0.3, 0.4) is 0 Å². The normalized spacial score (nSPS) is 11.6. The number of amides is 1. The third kappa shape index (κ3) is 6.46. The molecule has 1 unspecified atom stereocenters. The van der Waals surface area contributed by atoms with Gasteiger partial charge < -0.3 is 15.5 Å². The van der Waals surface area contributed by atoms with Crippen molar-refractivity contribution in [2.75, 3.05) is 19.6 Å². The highest BCUT2D eigenvalue weighted by atomic mass is 35.5. The summed E-state index contributed by atoms with van der Waals surface area (Å²) in [6.07, 6.45) is 0. The summed E-state index contributed by atoms with van der Waals surface area (Å²) in [5.74, 6) is -1.22. The summed E-state index contributed by atoms with van der Waals surface area (Å²) in [6.45, 7) is 4.22. The topological polar surface area (TPSA) is 89.9 Å². The Hall–Kier alpha value is -1.79. The molecule has 0 saturated heterocycles. The monoisotopic (exact) mass is 316 g/mol. The summed E-state index contributed by atoms with van der Waals surface area (Å²) in [6, 6.07) is 6.82. The molecule has 0 aliphatic carbocycles. The second-order valence-corrected chi connectivity index (χ2v) is 4.50. The minimum absolute atomic E-state index is 0. The van der Waals surface area contributed by atoms with Crippen molar-refractivity contribution in [3.8, 4) is 5.75 Å². The Morgan fingerprint density at radius 3 is 2.57 bits per heavy atom. The number of phenolic OH excluding ortho intramolecular Hbond substituents is 1. The summed E-state index contributed by atoms with van der Waals surface area (Å²) in [5.41, 5.74) is 0.901. The molecule has 0 heterocycles. The number of nitrogens with zero attached hydrogens (tertiary/aromatic N) is 1. The average Bonchev–Trinajstić information content (AvgIpc) is 2.41. The Morgan fingerprint density at radius 2 is 2.05 bits per heavy atom. The zero-order chi connectivity index (χ0) is 15.1. The molecule has 0 aliphatic heterocycles. The molecule has 0 aromatic heterocycles. The number of nitrogens with one attached hydrogen (secondary N) is 1. The van der Waals surface area contributed by atoms with E-state index in [4.69, 9.17) is 5.11 Å². The first kappa shape index (κ1) is 19.2. The van der Waals surface area contributed by atoms with Crippen LogP contribution in [0.4, 0.5) is 0 Å². The van der Waals surface area contributed by atoms with Crippen LogP contribution < -0.4 is 5.32 Å². The van der Waals surface area contributed by atoms with Gasteiger partial charge in [0.05, 0.1) is 6.54 Å². The molecule has 3 N–H and O–H groups in total. The molecule has 0 fully saturated rings. The van der Waals surface area contributed by atoms with Gasteiger partial charge in [-0.25, -0.2) is 0 Å². The first-order valence-electron chi connectivity index (χ1n) is 6.45. The van der Waals surface area contributed by atoms with Crippen LogP contribution >= 0.6 is 12.4 Å². The number of benzene rings is 1. The van der Waals surface area contributed by atoms with Crippen molar-refractivity contribution in [3.63, 3.8) is 0 Å². The Morgan fingerprint density at radius 1 is 1.38 bits per heavy atom. The van der Waals surface area contributed by atoms with E-state index in [0.29, 0.717) is 6.54 Å². The van der Waals surface area contributed by atoms with Gasteiger partial charge >= 0.3 is 5.97 Å². The standard InChI is InChI=1S/C14H20N2O4.ClH/c1-3-16(9-13(18)15-8-14(19)20)10(2)11-5-4-6-12(17)7-11;/h4-7,10,17H,3,8-9H2,1-2H3,(H,15,18)(H,19,20);1H. The molecule has 1 amide bonds. The Bertz CT molecular complexity index is 482. The molecule has 1 atom stereocenters. The van der Waals surface area contributed by atoms with E-state index in [2.05, 4.69) is 5.32 Å². The molecular weight excluding hydrogens is 296 g/mol. The van der Waals surface area contributed by atoms with Crippen molar-refractivity contribution in [1.82, 2.24) is 10.2 Å². The molecule has 21 heavy (non-hydrogen) atoms. The number of aromatic hydroxyl groups is 1. The van der Waals surface area contributed by atoms with E-state index in [0.717, 1.165) is 5.56 Å². The highest BCUT2D eigenvalue weighted by Gasteiger charge is 2.17. The van der Waals surface area contributed by atoms with Crippen molar-refractivity contribution in [3.05, 3.63) is 29.8 Å². The van der Waals surface area contributed by atoms with Crippen LogP contribution in [0.2, 0.25) is 0 Å². The average molecular weight is 317 g/mol. The van der Waals surface area contributed by atoms with E-state index in [1.807, 2.05) is 24.8 Å². The maximum Gasteiger partial charge on any atom is 0.322 e.